The Kier molecular flexibility index (Phi) is 6.27. The molecule has 2 aromatic rings. The standard InChI is InChI=1S/C23H27N3O4S/c1-3-30-23(29)20-16-5-4-6-18(16)31-22(20)26-19(27)12-24-17-11-14(8-7-13(17)2)21(28)25-15-9-10-15/h7-8,11,15,24H,3-6,9-10,12H2,1-2H3,(H,25,28)(H,26,27). The van der Waals surface area contributed by atoms with Gasteiger partial charge in [0.25, 0.3) is 5.91 Å². The van der Waals surface area contributed by atoms with Crippen LogP contribution in [-0.2, 0) is 22.4 Å². The number of carbonyl (C=O) groups is 3. The number of esters is 1. The number of anilines is 2. The molecule has 2 aliphatic carbocycles. The molecule has 0 aliphatic heterocycles. The Morgan fingerprint density at radius 2 is 2.00 bits per heavy atom. The first-order chi connectivity index (χ1) is 15.0. The Bertz CT molecular complexity index is 1030. The van der Waals surface area contributed by atoms with Crippen LogP contribution in [0.15, 0.2) is 18.2 Å². The second-order valence-corrected chi connectivity index (χ2v) is 9.07. The molecule has 1 aromatic carbocycles. The number of aryl methyl sites for hydroxylation is 2. The molecule has 2 amide bonds. The molecule has 0 saturated heterocycles. The van der Waals surface area contributed by atoms with E-state index in [-0.39, 0.29) is 30.4 Å². The highest BCUT2D eigenvalue weighted by molar-refractivity contribution is 7.17. The van der Waals surface area contributed by atoms with Crippen molar-refractivity contribution in [2.24, 2.45) is 0 Å². The minimum absolute atomic E-state index is 0.0272. The lowest BCUT2D eigenvalue weighted by Crippen LogP contribution is -2.26. The van der Waals surface area contributed by atoms with Crippen molar-refractivity contribution in [1.82, 2.24) is 5.32 Å². The monoisotopic (exact) mass is 441 g/mol. The summed E-state index contributed by atoms with van der Waals surface area (Å²) in [5, 5.41) is 9.53. The van der Waals surface area contributed by atoms with Gasteiger partial charge in [-0.3, -0.25) is 9.59 Å². The van der Waals surface area contributed by atoms with Crippen LogP contribution < -0.4 is 16.0 Å². The SMILES string of the molecule is CCOC(=O)c1c(NC(=O)CNc2cc(C(=O)NC3CC3)ccc2C)sc2c1CCC2. The lowest BCUT2D eigenvalue weighted by atomic mass is 10.1. The summed E-state index contributed by atoms with van der Waals surface area (Å²) in [4.78, 5) is 38.5. The average Bonchev–Trinajstić information content (AvgIpc) is 3.32. The van der Waals surface area contributed by atoms with E-state index in [1.165, 1.54) is 11.3 Å². The van der Waals surface area contributed by atoms with Gasteiger partial charge in [-0.2, -0.15) is 0 Å². The fourth-order valence-electron chi connectivity index (χ4n) is 3.71. The lowest BCUT2D eigenvalue weighted by Gasteiger charge is -2.12. The summed E-state index contributed by atoms with van der Waals surface area (Å²) < 4.78 is 5.21. The summed E-state index contributed by atoms with van der Waals surface area (Å²) in [6.07, 6.45) is 4.84. The second kappa shape index (κ2) is 9.09. The van der Waals surface area contributed by atoms with Crippen LogP contribution in [0, 0.1) is 6.92 Å². The third-order valence-corrected chi connectivity index (χ3v) is 6.71. The van der Waals surface area contributed by atoms with Gasteiger partial charge in [0, 0.05) is 22.2 Å². The maximum absolute atomic E-state index is 12.6. The number of benzene rings is 1. The molecule has 4 rings (SSSR count). The maximum atomic E-state index is 12.6. The van der Waals surface area contributed by atoms with Crippen LogP contribution in [0.5, 0.6) is 0 Å². The average molecular weight is 442 g/mol. The van der Waals surface area contributed by atoms with Crippen LogP contribution in [0.2, 0.25) is 0 Å². The van der Waals surface area contributed by atoms with Gasteiger partial charge in [0.1, 0.15) is 5.00 Å². The number of hydrogen-bond donors (Lipinski definition) is 3. The highest BCUT2D eigenvalue weighted by Crippen LogP contribution is 2.39. The predicted molar refractivity (Wildman–Crippen MR) is 121 cm³/mol. The highest BCUT2D eigenvalue weighted by Gasteiger charge is 2.28. The molecule has 2 aliphatic rings. The largest absolute Gasteiger partial charge is 0.462 e. The van der Waals surface area contributed by atoms with E-state index in [9.17, 15) is 14.4 Å². The molecular weight excluding hydrogens is 414 g/mol. The van der Waals surface area contributed by atoms with E-state index in [2.05, 4.69) is 16.0 Å². The summed E-state index contributed by atoms with van der Waals surface area (Å²) in [5.74, 6) is -0.727. The zero-order chi connectivity index (χ0) is 22.0. The number of rotatable bonds is 8. The number of nitrogens with one attached hydrogen (secondary N) is 3. The third kappa shape index (κ3) is 4.90. The molecule has 7 nitrogen and oxygen atoms in total. The third-order valence-electron chi connectivity index (χ3n) is 5.51. The van der Waals surface area contributed by atoms with Crippen LogP contribution in [0.3, 0.4) is 0 Å². The fourth-order valence-corrected chi connectivity index (χ4v) is 5.00. The van der Waals surface area contributed by atoms with Crippen molar-refractivity contribution in [3.8, 4) is 0 Å². The molecule has 1 heterocycles. The van der Waals surface area contributed by atoms with Gasteiger partial charge >= 0.3 is 5.97 Å². The van der Waals surface area contributed by atoms with Crippen molar-refractivity contribution in [3.63, 3.8) is 0 Å². The van der Waals surface area contributed by atoms with Crippen molar-refractivity contribution in [1.29, 1.82) is 0 Å². The Morgan fingerprint density at radius 3 is 2.74 bits per heavy atom. The number of fused-ring (bicyclic) bond motifs is 1. The molecule has 0 unspecified atom stereocenters. The second-order valence-electron chi connectivity index (χ2n) is 7.96. The minimum Gasteiger partial charge on any atom is -0.462 e. The van der Waals surface area contributed by atoms with Gasteiger partial charge < -0.3 is 20.7 Å². The fraction of sp³-hybridized carbons (Fsp3) is 0.435. The number of carbonyl (C=O) groups excluding carboxylic acids is 3. The molecule has 1 fully saturated rings. The van der Waals surface area contributed by atoms with Crippen LogP contribution in [0.4, 0.5) is 10.7 Å². The number of amides is 2. The molecule has 31 heavy (non-hydrogen) atoms. The molecule has 0 radical (unpaired) electrons. The minimum atomic E-state index is -0.379. The Hall–Kier alpha value is -2.87. The Morgan fingerprint density at radius 1 is 1.19 bits per heavy atom. The zero-order valence-corrected chi connectivity index (χ0v) is 18.6. The molecule has 0 atom stereocenters. The number of ether oxygens (including phenoxy) is 1. The number of thiophene rings is 1. The topological polar surface area (TPSA) is 96.5 Å². The van der Waals surface area contributed by atoms with E-state index < -0.39 is 0 Å². The van der Waals surface area contributed by atoms with Crippen LogP contribution in [0.25, 0.3) is 0 Å². The van der Waals surface area contributed by atoms with Crippen molar-refractivity contribution < 1.29 is 19.1 Å². The van der Waals surface area contributed by atoms with Gasteiger partial charge in [-0.1, -0.05) is 6.07 Å². The summed E-state index contributed by atoms with van der Waals surface area (Å²) >= 11 is 1.46. The van der Waals surface area contributed by atoms with Gasteiger partial charge in [0.05, 0.1) is 18.7 Å². The first kappa shape index (κ1) is 21.4. The summed E-state index contributed by atoms with van der Waals surface area (Å²) in [5.41, 5.74) is 3.76. The van der Waals surface area contributed by atoms with E-state index >= 15 is 0 Å². The van der Waals surface area contributed by atoms with Crippen molar-refractivity contribution in [3.05, 3.63) is 45.3 Å². The van der Waals surface area contributed by atoms with E-state index in [0.717, 1.165) is 53.8 Å². The first-order valence-electron chi connectivity index (χ1n) is 10.7. The van der Waals surface area contributed by atoms with Crippen molar-refractivity contribution >= 4 is 39.8 Å². The molecule has 3 N–H and O–H groups in total. The number of hydrogen-bond acceptors (Lipinski definition) is 6. The molecule has 0 spiro atoms. The Labute approximate surface area is 185 Å². The van der Waals surface area contributed by atoms with E-state index in [1.807, 2.05) is 13.0 Å². The van der Waals surface area contributed by atoms with Gasteiger partial charge in [-0.05, 0) is 69.2 Å². The molecule has 0 bridgehead atoms. The van der Waals surface area contributed by atoms with Gasteiger partial charge in [-0.15, -0.1) is 11.3 Å². The normalized spacial score (nSPS) is 14.6. The molecule has 1 aromatic heterocycles. The molecule has 8 heteroatoms. The maximum Gasteiger partial charge on any atom is 0.341 e. The lowest BCUT2D eigenvalue weighted by molar-refractivity contribution is -0.114. The van der Waals surface area contributed by atoms with Gasteiger partial charge in [0.2, 0.25) is 5.91 Å². The van der Waals surface area contributed by atoms with Crippen molar-refractivity contribution in [2.75, 3.05) is 23.8 Å². The molecule has 164 valence electrons. The van der Waals surface area contributed by atoms with Gasteiger partial charge in [-0.25, -0.2) is 4.79 Å². The quantitative estimate of drug-likeness (QED) is 0.543. The Balaban J connectivity index is 1.42. The molecule has 1 saturated carbocycles. The van der Waals surface area contributed by atoms with E-state index in [0.29, 0.717) is 22.7 Å². The predicted octanol–water partition coefficient (Wildman–Crippen LogP) is 3.66. The zero-order valence-electron chi connectivity index (χ0n) is 17.8. The summed E-state index contributed by atoms with van der Waals surface area (Å²) in [6, 6.07) is 5.71. The van der Waals surface area contributed by atoms with Gasteiger partial charge in [0.15, 0.2) is 0 Å². The van der Waals surface area contributed by atoms with Crippen molar-refractivity contribution in [2.45, 2.75) is 52.0 Å². The van der Waals surface area contributed by atoms with E-state index in [4.69, 9.17) is 4.74 Å². The van der Waals surface area contributed by atoms with Crippen LogP contribution >= 0.6 is 11.3 Å². The van der Waals surface area contributed by atoms with Crippen LogP contribution in [0.1, 0.15) is 62.9 Å². The smallest absolute Gasteiger partial charge is 0.341 e. The first-order valence-corrected chi connectivity index (χ1v) is 11.5. The van der Waals surface area contributed by atoms with E-state index in [1.54, 1.807) is 19.1 Å². The molecular formula is C23H27N3O4S. The summed E-state index contributed by atoms with van der Waals surface area (Å²) in [7, 11) is 0. The van der Waals surface area contributed by atoms with Crippen LogP contribution in [-0.4, -0.2) is 37.0 Å². The summed E-state index contributed by atoms with van der Waals surface area (Å²) in [6.45, 7) is 4.02. The highest BCUT2D eigenvalue weighted by atomic mass is 32.1.